The predicted molar refractivity (Wildman–Crippen MR) is 75.1 cm³/mol. The number of aromatic nitrogens is 4. The summed E-state index contributed by atoms with van der Waals surface area (Å²) in [6.07, 6.45) is 7.87. The molecule has 0 saturated heterocycles. The molecule has 0 amide bonds. The number of aryl methyl sites for hydroxylation is 1. The lowest BCUT2D eigenvalue weighted by atomic mass is 10.1. The molecule has 0 aliphatic heterocycles. The Bertz CT molecular complexity index is 511. The highest BCUT2D eigenvalue weighted by molar-refractivity contribution is 6.31. The minimum Gasteiger partial charge on any atom is -0.305 e. The van der Waals surface area contributed by atoms with Gasteiger partial charge in [0, 0.05) is 24.5 Å². The van der Waals surface area contributed by atoms with Crippen LogP contribution in [0.3, 0.4) is 0 Å². The highest BCUT2D eigenvalue weighted by atomic mass is 35.5. The number of nitrogens with one attached hydrogen (secondary N) is 1. The van der Waals surface area contributed by atoms with E-state index in [1.165, 1.54) is 6.33 Å². The molecule has 19 heavy (non-hydrogen) atoms. The van der Waals surface area contributed by atoms with Crippen LogP contribution < -0.4 is 5.32 Å². The summed E-state index contributed by atoms with van der Waals surface area (Å²) in [6, 6.07) is -0.0314. The molecule has 0 spiro atoms. The van der Waals surface area contributed by atoms with Crippen molar-refractivity contribution >= 4 is 11.6 Å². The lowest BCUT2D eigenvalue weighted by Gasteiger charge is -2.20. The summed E-state index contributed by atoms with van der Waals surface area (Å²) >= 11 is 6.28. The van der Waals surface area contributed by atoms with E-state index in [-0.39, 0.29) is 6.04 Å². The minimum atomic E-state index is -0.0314. The quantitative estimate of drug-likeness (QED) is 0.882. The molecule has 5 nitrogen and oxygen atoms in total. The summed E-state index contributed by atoms with van der Waals surface area (Å²) in [5.41, 5.74) is 1.96. The maximum absolute atomic E-state index is 6.28. The molecule has 2 aromatic heterocycles. The minimum absolute atomic E-state index is 0.0314. The molecule has 6 heteroatoms. The van der Waals surface area contributed by atoms with Crippen LogP contribution in [0.25, 0.3) is 0 Å². The predicted octanol–water partition coefficient (Wildman–Crippen LogP) is 2.44. The molecular weight excluding hydrogens is 262 g/mol. The van der Waals surface area contributed by atoms with Gasteiger partial charge >= 0.3 is 0 Å². The summed E-state index contributed by atoms with van der Waals surface area (Å²) in [5.74, 6) is 0. The Morgan fingerprint density at radius 1 is 1.26 bits per heavy atom. The number of nitrogens with zero attached hydrogens (tertiary/aromatic N) is 4. The standard InChI is InChI=1S/C13H18ClN5/c1-3-5-17-12(10-6-15-9-16-7-10)13-11(14)8-18-19(13)4-2/h6-9,12,17H,3-5H2,1-2H3. The lowest BCUT2D eigenvalue weighted by Crippen LogP contribution is -2.26. The second kappa shape index (κ2) is 6.63. The first-order chi connectivity index (χ1) is 9.27. The van der Waals surface area contributed by atoms with Gasteiger partial charge in [0.25, 0.3) is 0 Å². The molecule has 1 atom stereocenters. The van der Waals surface area contributed by atoms with Crippen molar-refractivity contribution in [2.75, 3.05) is 6.54 Å². The largest absolute Gasteiger partial charge is 0.305 e. The van der Waals surface area contributed by atoms with Crippen molar-refractivity contribution in [1.82, 2.24) is 25.1 Å². The maximum Gasteiger partial charge on any atom is 0.115 e. The van der Waals surface area contributed by atoms with Gasteiger partial charge in [-0.15, -0.1) is 0 Å². The average molecular weight is 280 g/mol. The van der Waals surface area contributed by atoms with Gasteiger partial charge in [0.2, 0.25) is 0 Å². The Morgan fingerprint density at radius 3 is 2.63 bits per heavy atom. The van der Waals surface area contributed by atoms with Crippen LogP contribution in [0.2, 0.25) is 5.02 Å². The monoisotopic (exact) mass is 279 g/mol. The van der Waals surface area contributed by atoms with Crippen molar-refractivity contribution in [2.45, 2.75) is 32.9 Å². The van der Waals surface area contributed by atoms with E-state index in [1.54, 1.807) is 6.20 Å². The van der Waals surface area contributed by atoms with Crippen molar-refractivity contribution in [2.24, 2.45) is 0 Å². The third-order valence-corrected chi connectivity index (χ3v) is 3.21. The van der Waals surface area contributed by atoms with E-state index in [4.69, 9.17) is 11.6 Å². The van der Waals surface area contributed by atoms with E-state index in [1.807, 2.05) is 24.0 Å². The topological polar surface area (TPSA) is 55.6 Å². The SMILES string of the molecule is CCCNC(c1cncnc1)c1c(Cl)cnn1CC. The molecule has 0 radical (unpaired) electrons. The number of hydrogen-bond acceptors (Lipinski definition) is 4. The molecule has 0 saturated carbocycles. The van der Waals surface area contributed by atoms with E-state index in [0.29, 0.717) is 5.02 Å². The molecule has 0 aromatic carbocycles. The van der Waals surface area contributed by atoms with Crippen LogP contribution in [0.15, 0.2) is 24.9 Å². The molecule has 2 rings (SSSR count). The highest BCUT2D eigenvalue weighted by Gasteiger charge is 2.21. The fourth-order valence-electron chi connectivity index (χ4n) is 2.03. The van der Waals surface area contributed by atoms with E-state index >= 15 is 0 Å². The van der Waals surface area contributed by atoms with Crippen molar-refractivity contribution in [1.29, 1.82) is 0 Å². The van der Waals surface area contributed by atoms with Crippen LogP contribution in [0, 0.1) is 0 Å². The maximum atomic E-state index is 6.28. The van der Waals surface area contributed by atoms with Crippen molar-refractivity contribution in [3.05, 3.63) is 41.2 Å². The Hall–Kier alpha value is -1.46. The fraction of sp³-hybridized carbons (Fsp3) is 0.462. The molecule has 2 heterocycles. The molecule has 0 bridgehead atoms. The van der Waals surface area contributed by atoms with Gasteiger partial charge < -0.3 is 5.32 Å². The van der Waals surface area contributed by atoms with Crippen LogP contribution in [-0.4, -0.2) is 26.3 Å². The van der Waals surface area contributed by atoms with Crippen LogP contribution >= 0.6 is 11.6 Å². The summed E-state index contributed by atoms with van der Waals surface area (Å²) in [5, 5.41) is 8.44. The first-order valence-corrected chi connectivity index (χ1v) is 6.85. The average Bonchev–Trinajstić information content (AvgIpc) is 2.82. The summed E-state index contributed by atoms with van der Waals surface area (Å²) in [6.45, 7) is 5.85. The van der Waals surface area contributed by atoms with Gasteiger partial charge in [0.1, 0.15) is 6.33 Å². The summed E-state index contributed by atoms with van der Waals surface area (Å²) in [4.78, 5) is 8.17. The van der Waals surface area contributed by atoms with Gasteiger partial charge in [0.05, 0.1) is 23.0 Å². The van der Waals surface area contributed by atoms with Crippen LogP contribution in [0.1, 0.15) is 37.6 Å². The summed E-state index contributed by atoms with van der Waals surface area (Å²) < 4.78 is 1.91. The van der Waals surface area contributed by atoms with Crippen molar-refractivity contribution in [3.8, 4) is 0 Å². The third kappa shape index (κ3) is 3.11. The number of hydrogen-bond donors (Lipinski definition) is 1. The van der Waals surface area contributed by atoms with Crippen LogP contribution in [0.5, 0.6) is 0 Å². The first kappa shape index (κ1) is 14.0. The number of rotatable bonds is 6. The second-order valence-electron chi connectivity index (χ2n) is 4.25. The lowest BCUT2D eigenvalue weighted by molar-refractivity contribution is 0.528. The van der Waals surface area contributed by atoms with Gasteiger partial charge in [-0.25, -0.2) is 9.97 Å². The third-order valence-electron chi connectivity index (χ3n) is 2.92. The Kier molecular flexibility index (Phi) is 4.87. The normalized spacial score (nSPS) is 12.6. The number of halogens is 1. The van der Waals surface area contributed by atoms with Gasteiger partial charge in [-0.05, 0) is 19.9 Å². The molecule has 0 aliphatic rings. The van der Waals surface area contributed by atoms with Crippen LogP contribution in [-0.2, 0) is 6.54 Å². The second-order valence-corrected chi connectivity index (χ2v) is 4.66. The van der Waals surface area contributed by atoms with E-state index < -0.39 is 0 Å². The van der Waals surface area contributed by atoms with E-state index in [0.717, 1.165) is 30.8 Å². The molecule has 2 aromatic rings. The molecule has 1 unspecified atom stereocenters. The zero-order valence-electron chi connectivity index (χ0n) is 11.2. The van der Waals surface area contributed by atoms with Gasteiger partial charge in [0.15, 0.2) is 0 Å². The first-order valence-electron chi connectivity index (χ1n) is 6.47. The zero-order valence-corrected chi connectivity index (χ0v) is 11.9. The molecule has 102 valence electrons. The molecule has 0 aliphatic carbocycles. The molecule has 0 fully saturated rings. The Balaban J connectivity index is 2.40. The van der Waals surface area contributed by atoms with Gasteiger partial charge in [-0.3, -0.25) is 4.68 Å². The van der Waals surface area contributed by atoms with Crippen molar-refractivity contribution < 1.29 is 0 Å². The zero-order chi connectivity index (χ0) is 13.7. The van der Waals surface area contributed by atoms with E-state index in [2.05, 4.69) is 27.3 Å². The van der Waals surface area contributed by atoms with Crippen molar-refractivity contribution in [3.63, 3.8) is 0 Å². The molecular formula is C13H18ClN5. The Morgan fingerprint density at radius 2 is 2.00 bits per heavy atom. The molecule has 1 N–H and O–H groups in total. The summed E-state index contributed by atoms with van der Waals surface area (Å²) in [7, 11) is 0. The fourth-order valence-corrected chi connectivity index (χ4v) is 2.28. The van der Waals surface area contributed by atoms with Gasteiger partial charge in [-0.1, -0.05) is 18.5 Å². The van der Waals surface area contributed by atoms with Gasteiger partial charge in [-0.2, -0.15) is 5.10 Å². The van der Waals surface area contributed by atoms with E-state index in [9.17, 15) is 0 Å². The highest BCUT2D eigenvalue weighted by Crippen LogP contribution is 2.27. The smallest absolute Gasteiger partial charge is 0.115 e. The Labute approximate surface area is 118 Å². The van der Waals surface area contributed by atoms with Crippen LogP contribution in [0.4, 0.5) is 0 Å².